The quantitative estimate of drug-likeness (QED) is 0.583. The lowest BCUT2D eigenvalue weighted by Gasteiger charge is -2.03. The molecule has 0 fully saturated rings. The first kappa shape index (κ1) is 15.1. The third-order valence-electron chi connectivity index (χ3n) is 3.28. The fourth-order valence-corrected chi connectivity index (χ4v) is 3.13. The second kappa shape index (κ2) is 6.13. The van der Waals surface area contributed by atoms with Crippen molar-refractivity contribution >= 4 is 33.0 Å². The SMILES string of the molecule is O=C(NCc1cccc(F)c1)c1cc2cc([N+](=O)[O-])ccc2s1. The third kappa shape index (κ3) is 3.35. The Morgan fingerprint density at radius 3 is 2.78 bits per heavy atom. The van der Waals surface area contributed by atoms with E-state index in [1.165, 1.54) is 35.6 Å². The molecule has 0 saturated carbocycles. The van der Waals surface area contributed by atoms with Crippen molar-refractivity contribution in [3.05, 3.63) is 74.9 Å². The topological polar surface area (TPSA) is 72.2 Å². The minimum Gasteiger partial charge on any atom is -0.347 e. The molecule has 0 spiro atoms. The van der Waals surface area contributed by atoms with Crippen LogP contribution in [-0.4, -0.2) is 10.8 Å². The second-order valence-corrected chi connectivity index (χ2v) is 5.99. The van der Waals surface area contributed by atoms with Crippen molar-refractivity contribution in [2.75, 3.05) is 0 Å². The molecule has 1 amide bonds. The standard InChI is InChI=1S/C16H11FN2O3S/c17-12-3-1-2-10(6-12)9-18-16(20)15-8-11-7-13(19(21)22)4-5-14(11)23-15/h1-8H,9H2,(H,18,20). The lowest BCUT2D eigenvalue weighted by atomic mass is 10.2. The van der Waals surface area contributed by atoms with Crippen molar-refractivity contribution in [2.24, 2.45) is 0 Å². The molecule has 3 aromatic rings. The second-order valence-electron chi connectivity index (χ2n) is 4.90. The van der Waals surface area contributed by atoms with Gasteiger partial charge in [0.25, 0.3) is 11.6 Å². The molecule has 3 rings (SSSR count). The number of nitro benzene ring substituents is 1. The molecule has 0 aliphatic heterocycles. The Bertz CT molecular complexity index is 907. The zero-order valence-electron chi connectivity index (χ0n) is 11.8. The van der Waals surface area contributed by atoms with E-state index in [-0.39, 0.29) is 24.0 Å². The van der Waals surface area contributed by atoms with E-state index in [1.807, 2.05) is 0 Å². The van der Waals surface area contributed by atoms with Gasteiger partial charge in [0.15, 0.2) is 0 Å². The van der Waals surface area contributed by atoms with Crippen LogP contribution in [-0.2, 0) is 6.54 Å². The van der Waals surface area contributed by atoms with Gasteiger partial charge < -0.3 is 5.32 Å². The highest BCUT2D eigenvalue weighted by atomic mass is 32.1. The largest absolute Gasteiger partial charge is 0.347 e. The van der Waals surface area contributed by atoms with Gasteiger partial charge in [0.05, 0.1) is 9.80 Å². The molecule has 0 aliphatic carbocycles. The number of non-ortho nitro benzene ring substituents is 1. The van der Waals surface area contributed by atoms with E-state index < -0.39 is 4.92 Å². The van der Waals surface area contributed by atoms with Crippen LogP contribution in [0.25, 0.3) is 10.1 Å². The fourth-order valence-electron chi connectivity index (χ4n) is 2.17. The van der Waals surface area contributed by atoms with Crippen LogP contribution in [0.15, 0.2) is 48.5 Å². The molecule has 0 atom stereocenters. The minimum absolute atomic E-state index is 0.0120. The number of carbonyl (C=O) groups excluding carboxylic acids is 1. The molecule has 1 N–H and O–H groups in total. The average Bonchev–Trinajstić information content (AvgIpc) is 2.95. The van der Waals surface area contributed by atoms with Crippen LogP contribution in [0.5, 0.6) is 0 Å². The molecular weight excluding hydrogens is 319 g/mol. The number of halogens is 1. The van der Waals surface area contributed by atoms with Crippen LogP contribution in [0.3, 0.4) is 0 Å². The Balaban J connectivity index is 1.77. The van der Waals surface area contributed by atoms with Crippen molar-refractivity contribution in [1.29, 1.82) is 0 Å². The number of fused-ring (bicyclic) bond motifs is 1. The van der Waals surface area contributed by atoms with Gasteiger partial charge in [-0.3, -0.25) is 14.9 Å². The van der Waals surface area contributed by atoms with Crippen LogP contribution < -0.4 is 5.32 Å². The summed E-state index contributed by atoms with van der Waals surface area (Å²) < 4.78 is 13.9. The van der Waals surface area contributed by atoms with Gasteiger partial charge in [-0.25, -0.2) is 4.39 Å². The number of thiophene rings is 1. The molecule has 0 aliphatic rings. The van der Waals surface area contributed by atoms with Crippen LogP contribution in [0.1, 0.15) is 15.2 Å². The molecule has 5 nitrogen and oxygen atoms in total. The number of hydrogen-bond donors (Lipinski definition) is 1. The smallest absolute Gasteiger partial charge is 0.270 e. The highest BCUT2D eigenvalue weighted by molar-refractivity contribution is 7.20. The number of nitrogens with one attached hydrogen (secondary N) is 1. The molecule has 23 heavy (non-hydrogen) atoms. The average molecular weight is 330 g/mol. The maximum absolute atomic E-state index is 13.1. The van der Waals surface area contributed by atoms with Gasteiger partial charge in [0.1, 0.15) is 5.82 Å². The lowest BCUT2D eigenvalue weighted by molar-refractivity contribution is -0.384. The summed E-state index contributed by atoms with van der Waals surface area (Å²) >= 11 is 1.26. The Labute approximate surface area is 134 Å². The van der Waals surface area contributed by atoms with Crippen molar-refractivity contribution in [3.8, 4) is 0 Å². The zero-order chi connectivity index (χ0) is 16.4. The summed E-state index contributed by atoms with van der Waals surface area (Å²) in [5, 5.41) is 14.1. The summed E-state index contributed by atoms with van der Waals surface area (Å²) in [6.45, 7) is 0.213. The third-order valence-corrected chi connectivity index (χ3v) is 4.39. The van der Waals surface area contributed by atoms with E-state index in [2.05, 4.69) is 5.32 Å². The number of nitro groups is 1. The van der Waals surface area contributed by atoms with Crippen molar-refractivity contribution in [1.82, 2.24) is 5.32 Å². The number of carbonyl (C=O) groups is 1. The van der Waals surface area contributed by atoms with E-state index in [4.69, 9.17) is 0 Å². The highest BCUT2D eigenvalue weighted by Gasteiger charge is 2.13. The number of rotatable bonds is 4. The normalized spacial score (nSPS) is 10.7. The van der Waals surface area contributed by atoms with E-state index in [0.717, 1.165) is 4.70 Å². The summed E-state index contributed by atoms with van der Waals surface area (Å²) in [6.07, 6.45) is 0. The summed E-state index contributed by atoms with van der Waals surface area (Å²) in [5.41, 5.74) is 0.650. The van der Waals surface area contributed by atoms with Gasteiger partial charge in [-0.05, 0) is 29.8 Å². The highest BCUT2D eigenvalue weighted by Crippen LogP contribution is 2.28. The Kier molecular flexibility index (Phi) is 4.03. The molecule has 0 bridgehead atoms. The summed E-state index contributed by atoms with van der Waals surface area (Å²) in [6, 6.07) is 12.1. The monoisotopic (exact) mass is 330 g/mol. The lowest BCUT2D eigenvalue weighted by Crippen LogP contribution is -2.21. The summed E-state index contributed by atoms with van der Waals surface area (Å²) in [5.74, 6) is -0.649. The molecular formula is C16H11FN2O3S. The van der Waals surface area contributed by atoms with Crippen molar-refractivity contribution in [2.45, 2.75) is 6.54 Å². The fraction of sp³-hybridized carbons (Fsp3) is 0.0625. The molecule has 7 heteroatoms. The molecule has 0 radical (unpaired) electrons. The van der Waals surface area contributed by atoms with Crippen LogP contribution >= 0.6 is 11.3 Å². The predicted molar refractivity (Wildman–Crippen MR) is 86.0 cm³/mol. The van der Waals surface area contributed by atoms with E-state index in [9.17, 15) is 19.3 Å². The predicted octanol–water partition coefficient (Wildman–Crippen LogP) is 3.88. The molecule has 2 aromatic carbocycles. The summed E-state index contributed by atoms with van der Waals surface area (Å²) in [4.78, 5) is 22.9. The van der Waals surface area contributed by atoms with Crippen LogP contribution in [0.4, 0.5) is 10.1 Å². The molecule has 0 unspecified atom stereocenters. The number of nitrogens with zero attached hydrogens (tertiary/aromatic N) is 1. The number of benzene rings is 2. The number of hydrogen-bond acceptors (Lipinski definition) is 4. The molecule has 116 valence electrons. The van der Waals surface area contributed by atoms with Gasteiger partial charge in [0, 0.05) is 28.8 Å². The molecule has 1 aromatic heterocycles. The Hall–Kier alpha value is -2.80. The van der Waals surface area contributed by atoms with Gasteiger partial charge in [0.2, 0.25) is 0 Å². The van der Waals surface area contributed by atoms with Crippen molar-refractivity contribution < 1.29 is 14.1 Å². The Morgan fingerprint density at radius 1 is 1.22 bits per heavy atom. The van der Waals surface area contributed by atoms with Gasteiger partial charge in [-0.2, -0.15) is 0 Å². The van der Waals surface area contributed by atoms with Crippen LogP contribution in [0, 0.1) is 15.9 Å². The van der Waals surface area contributed by atoms with Gasteiger partial charge in [-0.15, -0.1) is 11.3 Å². The van der Waals surface area contributed by atoms with Crippen LogP contribution in [0.2, 0.25) is 0 Å². The van der Waals surface area contributed by atoms with E-state index in [0.29, 0.717) is 15.8 Å². The maximum Gasteiger partial charge on any atom is 0.270 e. The minimum atomic E-state index is -0.471. The van der Waals surface area contributed by atoms with Gasteiger partial charge >= 0.3 is 0 Å². The van der Waals surface area contributed by atoms with E-state index >= 15 is 0 Å². The van der Waals surface area contributed by atoms with E-state index in [1.54, 1.807) is 24.3 Å². The first-order valence-corrected chi connectivity index (χ1v) is 7.55. The molecule has 0 saturated heterocycles. The molecule has 1 heterocycles. The Morgan fingerprint density at radius 2 is 2.04 bits per heavy atom. The first-order valence-electron chi connectivity index (χ1n) is 6.73. The first-order chi connectivity index (χ1) is 11.0. The maximum atomic E-state index is 13.1. The number of amides is 1. The van der Waals surface area contributed by atoms with Gasteiger partial charge in [-0.1, -0.05) is 12.1 Å². The zero-order valence-corrected chi connectivity index (χ0v) is 12.6. The van der Waals surface area contributed by atoms with Crippen molar-refractivity contribution in [3.63, 3.8) is 0 Å². The summed E-state index contributed by atoms with van der Waals surface area (Å²) in [7, 11) is 0.